The highest BCUT2D eigenvalue weighted by Gasteiger charge is 2.17. The Labute approximate surface area is 209 Å². The highest BCUT2D eigenvalue weighted by molar-refractivity contribution is 5.91. The smallest absolute Gasteiger partial charge is 0.239 e. The lowest BCUT2D eigenvalue weighted by Crippen LogP contribution is -2.42. The summed E-state index contributed by atoms with van der Waals surface area (Å²) >= 11 is 0. The molecule has 0 atom stereocenters. The number of ether oxygens (including phenoxy) is 1. The number of aromatic nitrogens is 3. The monoisotopic (exact) mass is 488 g/mol. The van der Waals surface area contributed by atoms with E-state index in [2.05, 4.69) is 20.5 Å². The molecule has 5 rings (SSSR count). The molecule has 0 unspecified atom stereocenters. The summed E-state index contributed by atoms with van der Waals surface area (Å²) in [5.74, 6) is 2.08. The molecule has 0 bridgehead atoms. The Morgan fingerprint density at radius 1 is 1.11 bits per heavy atom. The number of imidazole rings is 1. The summed E-state index contributed by atoms with van der Waals surface area (Å²) in [6.07, 6.45) is 2.74. The van der Waals surface area contributed by atoms with Gasteiger partial charge in [0.25, 0.3) is 0 Å². The predicted molar refractivity (Wildman–Crippen MR) is 138 cm³/mol. The SMILES string of the molecule is CC(C)c1cc(F)ccc1Nc1nc2cc(Oc3ccnc(NC(=O)CN4CCC4)c3)ccc2n1C. The van der Waals surface area contributed by atoms with Crippen LogP contribution in [0.15, 0.2) is 54.7 Å². The number of anilines is 3. The van der Waals surface area contributed by atoms with Gasteiger partial charge in [-0.2, -0.15) is 0 Å². The number of rotatable bonds is 8. The molecule has 3 heterocycles. The summed E-state index contributed by atoms with van der Waals surface area (Å²) in [5.41, 5.74) is 3.38. The fraction of sp³-hybridized carbons (Fsp3) is 0.296. The van der Waals surface area contributed by atoms with E-state index in [-0.39, 0.29) is 17.6 Å². The third-order valence-corrected chi connectivity index (χ3v) is 6.28. The second kappa shape index (κ2) is 9.94. The minimum atomic E-state index is -0.258. The van der Waals surface area contributed by atoms with Crippen LogP contribution in [0.1, 0.15) is 31.7 Å². The van der Waals surface area contributed by atoms with Crippen molar-refractivity contribution in [1.29, 1.82) is 0 Å². The minimum absolute atomic E-state index is 0.0870. The molecule has 0 aliphatic carbocycles. The van der Waals surface area contributed by atoms with Gasteiger partial charge in [-0.1, -0.05) is 13.8 Å². The molecule has 0 radical (unpaired) electrons. The number of carbonyl (C=O) groups excluding carboxylic acids is 1. The maximum absolute atomic E-state index is 13.8. The van der Waals surface area contributed by atoms with Gasteiger partial charge in [-0.05, 0) is 67.4 Å². The number of aryl methyl sites for hydroxylation is 1. The van der Waals surface area contributed by atoms with Crippen LogP contribution in [0, 0.1) is 5.82 Å². The molecular formula is C27H29FN6O2. The molecule has 0 spiro atoms. The van der Waals surface area contributed by atoms with Crippen LogP contribution >= 0.6 is 0 Å². The predicted octanol–water partition coefficient (Wildman–Crippen LogP) is 5.41. The molecule has 0 saturated carbocycles. The summed E-state index contributed by atoms with van der Waals surface area (Å²) in [5, 5.41) is 6.18. The largest absolute Gasteiger partial charge is 0.457 e. The second-order valence-electron chi connectivity index (χ2n) is 9.31. The van der Waals surface area contributed by atoms with Gasteiger partial charge in [-0.25, -0.2) is 14.4 Å². The summed E-state index contributed by atoms with van der Waals surface area (Å²) in [7, 11) is 1.93. The van der Waals surface area contributed by atoms with Crippen LogP contribution in [-0.2, 0) is 11.8 Å². The highest BCUT2D eigenvalue weighted by atomic mass is 19.1. The maximum Gasteiger partial charge on any atom is 0.239 e. The number of benzene rings is 2. The average molecular weight is 489 g/mol. The minimum Gasteiger partial charge on any atom is -0.457 e. The van der Waals surface area contributed by atoms with E-state index in [0.29, 0.717) is 29.8 Å². The van der Waals surface area contributed by atoms with Crippen LogP contribution in [0.25, 0.3) is 11.0 Å². The van der Waals surface area contributed by atoms with E-state index in [1.807, 2.05) is 43.7 Å². The summed E-state index contributed by atoms with van der Waals surface area (Å²) in [6, 6.07) is 13.8. The first-order valence-electron chi connectivity index (χ1n) is 12.0. The first-order valence-corrected chi connectivity index (χ1v) is 12.0. The molecule has 2 aromatic carbocycles. The molecule has 1 aliphatic rings. The number of likely N-dealkylation sites (tertiary alicyclic amines) is 1. The van der Waals surface area contributed by atoms with Crippen molar-refractivity contribution < 1.29 is 13.9 Å². The number of halogens is 1. The zero-order valence-electron chi connectivity index (χ0n) is 20.6. The molecule has 1 amide bonds. The van der Waals surface area contributed by atoms with Gasteiger partial charge in [0.2, 0.25) is 11.9 Å². The van der Waals surface area contributed by atoms with Gasteiger partial charge in [0.15, 0.2) is 0 Å². The van der Waals surface area contributed by atoms with Gasteiger partial charge in [0.1, 0.15) is 23.1 Å². The van der Waals surface area contributed by atoms with Crippen LogP contribution in [0.3, 0.4) is 0 Å². The van der Waals surface area contributed by atoms with Gasteiger partial charge < -0.3 is 19.9 Å². The van der Waals surface area contributed by atoms with E-state index < -0.39 is 0 Å². The third-order valence-electron chi connectivity index (χ3n) is 6.28. The third kappa shape index (κ3) is 5.16. The van der Waals surface area contributed by atoms with E-state index in [4.69, 9.17) is 9.72 Å². The lowest BCUT2D eigenvalue weighted by Gasteiger charge is -2.29. The van der Waals surface area contributed by atoms with E-state index in [1.165, 1.54) is 6.07 Å². The number of pyridine rings is 1. The van der Waals surface area contributed by atoms with Gasteiger partial charge in [0, 0.05) is 31.1 Å². The fourth-order valence-corrected chi connectivity index (χ4v) is 4.20. The molecule has 8 nitrogen and oxygen atoms in total. The van der Waals surface area contributed by atoms with Gasteiger partial charge in [-0.15, -0.1) is 0 Å². The molecule has 1 aliphatic heterocycles. The Hall–Kier alpha value is -3.98. The average Bonchev–Trinajstić information content (AvgIpc) is 3.12. The number of hydrogen-bond acceptors (Lipinski definition) is 6. The quantitative estimate of drug-likeness (QED) is 0.345. The molecule has 4 aromatic rings. The number of hydrogen-bond donors (Lipinski definition) is 2. The van der Waals surface area contributed by atoms with Crippen molar-refractivity contribution in [2.75, 3.05) is 30.3 Å². The highest BCUT2D eigenvalue weighted by Crippen LogP contribution is 2.31. The van der Waals surface area contributed by atoms with Crippen LogP contribution in [-0.4, -0.2) is 45.0 Å². The number of amides is 1. The van der Waals surface area contributed by atoms with Crippen LogP contribution < -0.4 is 15.4 Å². The van der Waals surface area contributed by atoms with Crippen molar-refractivity contribution >= 4 is 34.4 Å². The Bertz CT molecular complexity index is 1410. The van der Waals surface area contributed by atoms with E-state index in [0.717, 1.165) is 41.8 Å². The van der Waals surface area contributed by atoms with Gasteiger partial charge in [0.05, 0.1) is 17.6 Å². The molecule has 186 valence electrons. The van der Waals surface area contributed by atoms with Gasteiger partial charge in [-0.3, -0.25) is 9.69 Å². The summed E-state index contributed by atoms with van der Waals surface area (Å²) in [6.45, 7) is 6.34. The zero-order valence-corrected chi connectivity index (χ0v) is 20.6. The van der Waals surface area contributed by atoms with Crippen LogP contribution in [0.4, 0.5) is 21.8 Å². The number of nitrogens with zero attached hydrogens (tertiary/aromatic N) is 4. The van der Waals surface area contributed by atoms with Crippen LogP contribution in [0.5, 0.6) is 11.5 Å². The Balaban J connectivity index is 1.32. The number of fused-ring (bicyclic) bond motifs is 1. The Kier molecular flexibility index (Phi) is 6.56. The first-order chi connectivity index (χ1) is 17.4. The van der Waals surface area contributed by atoms with E-state index in [9.17, 15) is 9.18 Å². The van der Waals surface area contributed by atoms with Crippen molar-refractivity contribution in [2.24, 2.45) is 7.05 Å². The lowest BCUT2D eigenvalue weighted by atomic mass is 10.0. The molecule has 9 heteroatoms. The molecular weight excluding hydrogens is 459 g/mol. The van der Waals surface area contributed by atoms with E-state index >= 15 is 0 Å². The molecule has 1 saturated heterocycles. The first kappa shape index (κ1) is 23.7. The van der Waals surface area contributed by atoms with Crippen molar-refractivity contribution in [2.45, 2.75) is 26.2 Å². The number of carbonyl (C=O) groups is 1. The standard InChI is InChI=1S/C27H29FN6O2/c1-17(2)21-13-18(28)5-7-22(21)30-27-31-23-14-19(6-8-24(23)33(27)3)36-20-9-10-29-25(15-20)32-26(35)16-34-11-4-12-34/h5-10,13-15,17H,4,11-12,16H2,1-3H3,(H,30,31)(H,29,32,35). The van der Waals surface area contributed by atoms with Gasteiger partial charge >= 0.3 is 0 Å². The number of nitrogens with one attached hydrogen (secondary N) is 2. The normalized spacial score (nSPS) is 13.6. The molecule has 36 heavy (non-hydrogen) atoms. The molecule has 2 aromatic heterocycles. The zero-order chi connectivity index (χ0) is 25.2. The summed E-state index contributed by atoms with van der Waals surface area (Å²) < 4.78 is 21.8. The lowest BCUT2D eigenvalue weighted by molar-refractivity contribution is -0.118. The van der Waals surface area contributed by atoms with Crippen molar-refractivity contribution in [3.63, 3.8) is 0 Å². The van der Waals surface area contributed by atoms with Crippen molar-refractivity contribution in [1.82, 2.24) is 19.4 Å². The second-order valence-corrected chi connectivity index (χ2v) is 9.31. The summed E-state index contributed by atoms with van der Waals surface area (Å²) in [4.78, 5) is 23.2. The topological polar surface area (TPSA) is 84.3 Å². The Morgan fingerprint density at radius 2 is 1.92 bits per heavy atom. The molecule has 2 N–H and O–H groups in total. The fourth-order valence-electron chi connectivity index (χ4n) is 4.20. The Morgan fingerprint density at radius 3 is 2.67 bits per heavy atom. The van der Waals surface area contributed by atoms with Crippen molar-refractivity contribution in [3.8, 4) is 11.5 Å². The van der Waals surface area contributed by atoms with E-state index in [1.54, 1.807) is 30.5 Å². The van der Waals surface area contributed by atoms with Crippen LogP contribution in [0.2, 0.25) is 0 Å². The molecule has 1 fully saturated rings. The van der Waals surface area contributed by atoms with Crippen molar-refractivity contribution in [3.05, 3.63) is 66.1 Å². The maximum atomic E-state index is 13.8.